The van der Waals surface area contributed by atoms with Crippen LogP contribution in [0.1, 0.15) is 19.4 Å². The summed E-state index contributed by atoms with van der Waals surface area (Å²) in [7, 11) is 1.64. The summed E-state index contributed by atoms with van der Waals surface area (Å²) in [6.07, 6.45) is 0. The number of benzene rings is 1. The number of halogens is 1. The molecule has 0 heterocycles. The maximum absolute atomic E-state index is 10.9. The van der Waals surface area contributed by atoms with Crippen LogP contribution >= 0.6 is 15.9 Å². The first-order valence-electron chi connectivity index (χ1n) is 5.54. The van der Waals surface area contributed by atoms with Crippen LogP contribution in [0.5, 0.6) is 0 Å². The topological polar surface area (TPSA) is 64.4 Å². The van der Waals surface area contributed by atoms with Crippen LogP contribution in [0.15, 0.2) is 22.7 Å². The van der Waals surface area contributed by atoms with E-state index >= 15 is 0 Å². The lowest BCUT2D eigenvalue weighted by molar-refractivity contribution is -0.385. The van der Waals surface area contributed by atoms with Gasteiger partial charge in [-0.3, -0.25) is 10.1 Å². The van der Waals surface area contributed by atoms with Crippen LogP contribution in [0, 0.1) is 10.1 Å². The second-order valence-electron chi connectivity index (χ2n) is 4.60. The lowest BCUT2D eigenvalue weighted by Crippen LogP contribution is -2.36. The van der Waals surface area contributed by atoms with E-state index < -0.39 is 0 Å². The van der Waals surface area contributed by atoms with Crippen molar-refractivity contribution in [2.45, 2.75) is 26.0 Å². The van der Waals surface area contributed by atoms with Gasteiger partial charge in [-0.1, -0.05) is 15.9 Å². The molecule has 6 heteroatoms. The van der Waals surface area contributed by atoms with Crippen LogP contribution in [0.3, 0.4) is 0 Å². The zero-order valence-electron chi connectivity index (χ0n) is 10.7. The minimum Gasteiger partial charge on any atom is -0.377 e. The maximum atomic E-state index is 10.9. The van der Waals surface area contributed by atoms with Gasteiger partial charge < -0.3 is 10.1 Å². The summed E-state index contributed by atoms with van der Waals surface area (Å²) in [4.78, 5) is 10.6. The fraction of sp³-hybridized carbons (Fsp3) is 0.500. The molecule has 0 aliphatic carbocycles. The Morgan fingerprint density at radius 2 is 2.17 bits per heavy atom. The third kappa shape index (κ3) is 4.36. The first-order chi connectivity index (χ1) is 8.35. The molecule has 0 saturated heterocycles. The molecule has 0 spiro atoms. The van der Waals surface area contributed by atoms with E-state index in [9.17, 15) is 10.1 Å². The smallest absolute Gasteiger partial charge is 0.275 e. The third-order valence-corrected chi connectivity index (χ3v) is 3.16. The molecule has 0 aromatic heterocycles. The first kappa shape index (κ1) is 15.1. The summed E-state index contributed by atoms with van der Waals surface area (Å²) in [5, 5.41) is 14.1. The minimum atomic E-state index is -0.372. The summed E-state index contributed by atoms with van der Waals surface area (Å²) >= 11 is 3.23. The predicted molar refractivity (Wildman–Crippen MR) is 73.6 cm³/mol. The Balaban J connectivity index is 2.70. The van der Waals surface area contributed by atoms with Gasteiger partial charge in [0, 0.05) is 36.3 Å². The van der Waals surface area contributed by atoms with Crippen LogP contribution in [0.25, 0.3) is 0 Å². The molecule has 1 rings (SSSR count). The SMILES string of the molecule is COC(C)(C)CNCc1ccc(Br)cc1[N+](=O)[O-]. The van der Waals surface area contributed by atoms with E-state index in [2.05, 4.69) is 21.2 Å². The first-order valence-corrected chi connectivity index (χ1v) is 6.34. The molecule has 0 fully saturated rings. The standard InChI is InChI=1S/C12H17BrN2O3/c1-12(2,18-3)8-14-7-9-4-5-10(13)6-11(9)15(16)17/h4-6,14H,7-8H2,1-3H3. The second kappa shape index (κ2) is 6.26. The van der Waals surface area contributed by atoms with E-state index in [4.69, 9.17) is 4.74 Å². The normalized spacial score (nSPS) is 11.6. The molecule has 0 unspecified atom stereocenters. The summed E-state index contributed by atoms with van der Waals surface area (Å²) < 4.78 is 5.97. The molecule has 100 valence electrons. The van der Waals surface area contributed by atoms with Crippen molar-refractivity contribution in [3.63, 3.8) is 0 Å². The highest BCUT2D eigenvalue weighted by Gasteiger charge is 2.17. The number of nitro benzene ring substituents is 1. The number of nitrogens with one attached hydrogen (secondary N) is 1. The Labute approximate surface area is 115 Å². The van der Waals surface area contributed by atoms with E-state index in [1.165, 1.54) is 6.07 Å². The van der Waals surface area contributed by atoms with E-state index in [1.54, 1.807) is 19.2 Å². The van der Waals surface area contributed by atoms with Crippen molar-refractivity contribution in [3.05, 3.63) is 38.3 Å². The van der Waals surface area contributed by atoms with Crippen molar-refractivity contribution >= 4 is 21.6 Å². The molecule has 0 atom stereocenters. The predicted octanol–water partition coefficient (Wildman–Crippen LogP) is 2.87. The van der Waals surface area contributed by atoms with Crippen LogP contribution in [-0.4, -0.2) is 24.2 Å². The van der Waals surface area contributed by atoms with Crippen molar-refractivity contribution in [2.75, 3.05) is 13.7 Å². The molecule has 1 aromatic carbocycles. The van der Waals surface area contributed by atoms with Gasteiger partial charge in [-0.2, -0.15) is 0 Å². The molecule has 0 aliphatic heterocycles. The Hall–Kier alpha value is -0.980. The number of nitro groups is 1. The monoisotopic (exact) mass is 316 g/mol. The van der Waals surface area contributed by atoms with E-state index in [1.807, 2.05) is 13.8 Å². The lowest BCUT2D eigenvalue weighted by atomic mass is 10.1. The number of rotatable bonds is 6. The number of methoxy groups -OCH3 is 1. The molecule has 5 nitrogen and oxygen atoms in total. The lowest BCUT2D eigenvalue weighted by Gasteiger charge is -2.23. The van der Waals surface area contributed by atoms with Crippen molar-refractivity contribution < 1.29 is 9.66 Å². The molecular weight excluding hydrogens is 300 g/mol. The van der Waals surface area contributed by atoms with Crippen molar-refractivity contribution in [2.24, 2.45) is 0 Å². The molecular formula is C12H17BrN2O3. The zero-order valence-corrected chi connectivity index (χ0v) is 12.3. The highest BCUT2D eigenvalue weighted by Crippen LogP contribution is 2.23. The van der Waals surface area contributed by atoms with Crippen molar-refractivity contribution in [1.82, 2.24) is 5.32 Å². The van der Waals surface area contributed by atoms with Crippen LogP contribution in [0.2, 0.25) is 0 Å². The van der Waals surface area contributed by atoms with Gasteiger partial charge >= 0.3 is 0 Å². The molecule has 0 amide bonds. The van der Waals surface area contributed by atoms with Gasteiger partial charge in [0.25, 0.3) is 5.69 Å². The Kier molecular flexibility index (Phi) is 5.25. The molecule has 1 aromatic rings. The fourth-order valence-electron chi connectivity index (χ4n) is 1.43. The highest BCUT2D eigenvalue weighted by molar-refractivity contribution is 9.10. The largest absolute Gasteiger partial charge is 0.377 e. The summed E-state index contributed by atoms with van der Waals surface area (Å²) in [5.41, 5.74) is 0.492. The summed E-state index contributed by atoms with van der Waals surface area (Å²) in [5.74, 6) is 0. The van der Waals surface area contributed by atoms with E-state index in [-0.39, 0.29) is 16.2 Å². The van der Waals surface area contributed by atoms with Crippen molar-refractivity contribution in [3.8, 4) is 0 Å². The van der Waals surface area contributed by atoms with Crippen LogP contribution < -0.4 is 5.32 Å². The molecule has 0 saturated carbocycles. The van der Waals surface area contributed by atoms with Gasteiger partial charge in [0.15, 0.2) is 0 Å². The molecule has 18 heavy (non-hydrogen) atoms. The Morgan fingerprint density at radius 3 is 2.72 bits per heavy atom. The number of hydrogen-bond acceptors (Lipinski definition) is 4. The van der Waals surface area contributed by atoms with Gasteiger partial charge in [-0.15, -0.1) is 0 Å². The van der Waals surface area contributed by atoms with E-state index in [0.717, 1.165) is 0 Å². The second-order valence-corrected chi connectivity index (χ2v) is 5.51. The zero-order chi connectivity index (χ0) is 13.8. The fourth-order valence-corrected chi connectivity index (χ4v) is 1.78. The minimum absolute atomic E-state index is 0.118. The van der Waals surface area contributed by atoms with Crippen molar-refractivity contribution in [1.29, 1.82) is 0 Å². The quantitative estimate of drug-likeness (QED) is 0.647. The van der Waals surface area contributed by atoms with Crippen LogP contribution in [-0.2, 0) is 11.3 Å². The molecule has 0 aliphatic rings. The number of hydrogen-bond donors (Lipinski definition) is 1. The molecule has 0 bridgehead atoms. The van der Waals surface area contributed by atoms with Gasteiger partial charge in [0.2, 0.25) is 0 Å². The maximum Gasteiger partial charge on any atom is 0.275 e. The van der Waals surface area contributed by atoms with Gasteiger partial charge in [-0.05, 0) is 26.0 Å². The summed E-state index contributed by atoms with van der Waals surface area (Å²) in [6, 6.07) is 5.05. The molecule has 0 radical (unpaired) electrons. The average Bonchev–Trinajstić information content (AvgIpc) is 2.30. The number of nitrogens with zero attached hydrogens (tertiary/aromatic N) is 1. The number of ether oxygens (including phenoxy) is 1. The molecule has 1 N–H and O–H groups in total. The third-order valence-electron chi connectivity index (χ3n) is 2.66. The average molecular weight is 317 g/mol. The van der Waals surface area contributed by atoms with Gasteiger partial charge in [0.1, 0.15) is 0 Å². The summed E-state index contributed by atoms with van der Waals surface area (Å²) in [6.45, 7) is 4.97. The van der Waals surface area contributed by atoms with Gasteiger partial charge in [0.05, 0.1) is 10.5 Å². The Morgan fingerprint density at radius 1 is 1.50 bits per heavy atom. The van der Waals surface area contributed by atoms with E-state index in [0.29, 0.717) is 23.1 Å². The highest BCUT2D eigenvalue weighted by atomic mass is 79.9. The Bertz CT molecular complexity index is 435. The van der Waals surface area contributed by atoms with Gasteiger partial charge in [-0.25, -0.2) is 0 Å². The van der Waals surface area contributed by atoms with Crippen LogP contribution in [0.4, 0.5) is 5.69 Å².